The highest BCUT2D eigenvalue weighted by Gasteiger charge is 2.26. The maximum Gasteiger partial charge on any atom is 0.284 e. The summed E-state index contributed by atoms with van der Waals surface area (Å²) >= 11 is 0. The van der Waals surface area contributed by atoms with Crippen molar-refractivity contribution in [3.63, 3.8) is 0 Å². The van der Waals surface area contributed by atoms with Gasteiger partial charge in [-0.25, -0.2) is 5.43 Å². The number of carbonyl (C=O) groups excluding carboxylic acids is 1. The van der Waals surface area contributed by atoms with Crippen molar-refractivity contribution in [2.24, 2.45) is 5.10 Å². The van der Waals surface area contributed by atoms with Gasteiger partial charge >= 0.3 is 0 Å². The molecule has 0 saturated carbocycles. The highest BCUT2D eigenvalue weighted by molar-refractivity contribution is 5.86. The molecule has 1 atom stereocenters. The molecule has 0 aromatic heterocycles. The van der Waals surface area contributed by atoms with E-state index in [2.05, 4.69) is 10.5 Å². The van der Waals surface area contributed by atoms with E-state index >= 15 is 0 Å². The summed E-state index contributed by atoms with van der Waals surface area (Å²) in [6, 6.07) is 13.8. The summed E-state index contributed by atoms with van der Waals surface area (Å²) in [6.45, 7) is 0.120. The molecule has 0 fully saturated rings. The maximum absolute atomic E-state index is 12.0. The zero-order chi connectivity index (χ0) is 15.4. The quantitative estimate of drug-likeness (QED) is 0.667. The topological polar surface area (TPSA) is 80.2 Å². The smallest absolute Gasteiger partial charge is 0.284 e. The number of amides is 1. The van der Waals surface area contributed by atoms with Crippen LogP contribution in [0.1, 0.15) is 5.56 Å². The molecule has 112 valence electrons. The van der Waals surface area contributed by atoms with Gasteiger partial charge in [0.05, 0.1) is 6.21 Å². The van der Waals surface area contributed by atoms with E-state index in [0.717, 1.165) is 0 Å². The fourth-order valence-electron chi connectivity index (χ4n) is 1.98. The molecular formula is C16H14N2O4. The number of hydrazone groups is 1. The van der Waals surface area contributed by atoms with Crippen LogP contribution in [0.15, 0.2) is 53.6 Å². The van der Waals surface area contributed by atoms with Gasteiger partial charge in [0.1, 0.15) is 12.4 Å². The van der Waals surface area contributed by atoms with Gasteiger partial charge in [0.2, 0.25) is 6.10 Å². The van der Waals surface area contributed by atoms with Gasteiger partial charge < -0.3 is 14.6 Å². The van der Waals surface area contributed by atoms with Crippen LogP contribution in [0.2, 0.25) is 0 Å². The number of phenolic OH excluding ortho intramolecular Hbond substituents is 1. The average Bonchev–Trinajstić information content (AvgIpc) is 2.56. The Morgan fingerprint density at radius 2 is 1.91 bits per heavy atom. The number of fused-ring (bicyclic) bond motifs is 1. The monoisotopic (exact) mass is 298 g/mol. The normalized spacial score (nSPS) is 16.5. The van der Waals surface area contributed by atoms with Gasteiger partial charge in [0.15, 0.2) is 11.5 Å². The van der Waals surface area contributed by atoms with Crippen molar-refractivity contribution in [1.82, 2.24) is 5.43 Å². The second-order valence-electron chi connectivity index (χ2n) is 4.66. The van der Waals surface area contributed by atoms with Crippen molar-refractivity contribution in [1.29, 1.82) is 0 Å². The van der Waals surface area contributed by atoms with Crippen molar-refractivity contribution in [3.05, 3.63) is 54.1 Å². The highest BCUT2D eigenvalue weighted by atomic mass is 16.6. The number of phenols is 1. The predicted octanol–water partition coefficient (Wildman–Crippen LogP) is 1.68. The van der Waals surface area contributed by atoms with Gasteiger partial charge in [-0.3, -0.25) is 4.79 Å². The van der Waals surface area contributed by atoms with Gasteiger partial charge in [-0.05, 0) is 24.3 Å². The highest BCUT2D eigenvalue weighted by Crippen LogP contribution is 2.30. The Labute approximate surface area is 127 Å². The number of nitrogens with one attached hydrogen (secondary N) is 1. The Morgan fingerprint density at radius 3 is 2.73 bits per heavy atom. The third-order valence-corrected chi connectivity index (χ3v) is 3.12. The lowest BCUT2D eigenvalue weighted by Gasteiger charge is -2.24. The fraction of sp³-hybridized carbons (Fsp3) is 0.125. The molecule has 0 unspecified atom stereocenters. The summed E-state index contributed by atoms with van der Waals surface area (Å²) in [5.41, 5.74) is 2.88. The number of ether oxygens (including phenoxy) is 2. The Bertz CT molecular complexity index is 715. The van der Waals surface area contributed by atoms with E-state index in [9.17, 15) is 9.90 Å². The van der Waals surface area contributed by atoms with Crippen molar-refractivity contribution in [2.45, 2.75) is 6.10 Å². The molecule has 6 heteroatoms. The number of para-hydroxylation sites is 3. The molecule has 1 aliphatic heterocycles. The van der Waals surface area contributed by atoms with Crippen LogP contribution in [0.5, 0.6) is 17.2 Å². The van der Waals surface area contributed by atoms with E-state index in [-0.39, 0.29) is 12.4 Å². The SMILES string of the molecule is O=C(N/N=C\c1ccccc1O)[C@@H]1COc2ccccc2O1. The Morgan fingerprint density at radius 1 is 1.18 bits per heavy atom. The Kier molecular flexibility index (Phi) is 3.91. The number of hydrogen-bond donors (Lipinski definition) is 2. The summed E-state index contributed by atoms with van der Waals surface area (Å²) in [7, 11) is 0. The van der Waals surface area contributed by atoms with Crippen LogP contribution in [0, 0.1) is 0 Å². The summed E-state index contributed by atoms with van der Waals surface area (Å²) in [4.78, 5) is 12.0. The van der Waals surface area contributed by atoms with Crippen LogP contribution in [-0.4, -0.2) is 29.9 Å². The second-order valence-corrected chi connectivity index (χ2v) is 4.66. The van der Waals surface area contributed by atoms with Crippen molar-refractivity contribution < 1.29 is 19.4 Å². The van der Waals surface area contributed by atoms with E-state index in [1.165, 1.54) is 12.3 Å². The van der Waals surface area contributed by atoms with Gasteiger partial charge in [0, 0.05) is 5.56 Å². The lowest BCUT2D eigenvalue weighted by Crippen LogP contribution is -2.42. The van der Waals surface area contributed by atoms with E-state index in [1.54, 1.807) is 36.4 Å². The van der Waals surface area contributed by atoms with Gasteiger partial charge in [-0.2, -0.15) is 5.10 Å². The van der Waals surface area contributed by atoms with Gasteiger partial charge in [-0.1, -0.05) is 24.3 Å². The first-order valence-electron chi connectivity index (χ1n) is 6.73. The summed E-state index contributed by atoms with van der Waals surface area (Å²) in [5.74, 6) is 0.815. The minimum absolute atomic E-state index is 0.0895. The maximum atomic E-state index is 12.0. The molecule has 6 nitrogen and oxygen atoms in total. The standard InChI is InChI=1S/C16H14N2O4/c19-12-6-2-1-5-11(12)9-17-18-16(20)15-10-21-13-7-3-4-8-14(13)22-15/h1-9,15,19H,10H2,(H,18,20)/b17-9-/t15-/m0/s1. The molecule has 1 heterocycles. The zero-order valence-corrected chi connectivity index (χ0v) is 11.6. The van der Waals surface area contributed by atoms with Crippen LogP contribution in [0.4, 0.5) is 0 Å². The van der Waals surface area contributed by atoms with Crippen LogP contribution >= 0.6 is 0 Å². The first-order valence-corrected chi connectivity index (χ1v) is 6.73. The number of rotatable bonds is 3. The van der Waals surface area contributed by atoms with Crippen LogP contribution < -0.4 is 14.9 Å². The lowest BCUT2D eigenvalue weighted by molar-refractivity contribution is -0.130. The minimum atomic E-state index is -0.767. The molecule has 1 amide bonds. The Balaban J connectivity index is 1.60. The van der Waals surface area contributed by atoms with Crippen LogP contribution in [-0.2, 0) is 4.79 Å². The molecule has 2 N–H and O–H groups in total. The van der Waals surface area contributed by atoms with Gasteiger partial charge in [-0.15, -0.1) is 0 Å². The minimum Gasteiger partial charge on any atom is -0.507 e. The second kappa shape index (κ2) is 6.17. The van der Waals surface area contributed by atoms with E-state index in [1.807, 2.05) is 6.07 Å². The van der Waals surface area contributed by atoms with Crippen molar-refractivity contribution in [2.75, 3.05) is 6.61 Å². The molecule has 22 heavy (non-hydrogen) atoms. The average molecular weight is 298 g/mol. The van der Waals surface area contributed by atoms with E-state index in [0.29, 0.717) is 17.1 Å². The number of nitrogens with zero attached hydrogens (tertiary/aromatic N) is 1. The summed E-state index contributed by atoms with van der Waals surface area (Å²) in [6.07, 6.45) is 0.599. The van der Waals surface area contributed by atoms with Crippen molar-refractivity contribution in [3.8, 4) is 17.2 Å². The fourth-order valence-corrected chi connectivity index (χ4v) is 1.98. The zero-order valence-electron chi connectivity index (χ0n) is 11.6. The Hall–Kier alpha value is -3.02. The van der Waals surface area contributed by atoms with E-state index in [4.69, 9.17) is 9.47 Å². The predicted molar refractivity (Wildman–Crippen MR) is 80.2 cm³/mol. The number of aromatic hydroxyl groups is 1. The molecule has 1 aliphatic rings. The lowest BCUT2D eigenvalue weighted by atomic mass is 10.2. The third-order valence-electron chi connectivity index (χ3n) is 3.12. The molecule has 0 aliphatic carbocycles. The molecule has 0 bridgehead atoms. The number of benzene rings is 2. The molecule has 0 spiro atoms. The molecule has 3 rings (SSSR count). The molecule has 2 aromatic rings. The molecule has 0 radical (unpaired) electrons. The first-order chi connectivity index (χ1) is 10.7. The summed E-state index contributed by atoms with van der Waals surface area (Å²) in [5, 5.41) is 13.4. The number of hydrogen-bond acceptors (Lipinski definition) is 5. The van der Waals surface area contributed by atoms with Crippen LogP contribution in [0.3, 0.4) is 0 Å². The molecular weight excluding hydrogens is 284 g/mol. The van der Waals surface area contributed by atoms with E-state index < -0.39 is 12.0 Å². The van der Waals surface area contributed by atoms with Crippen molar-refractivity contribution >= 4 is 12.1 Å². The molecule has 2 aromatic carbocycles. The van der Waals surface area contributed by atoms with Gasteiger partial charge in [0.25, 0.3) is 5.91 Å². The van der Waals surface area contributed by atoms with Crippen LogP contribution in [0.25, 0.3) is 0 Å². The molecule has 0 saturated heterocycles. The first kappa shape index (κ1) is 13.9. The third kappa shape index (κ3) is 3.01. The summed E-state index contributed by atoms with van der Waals surface area (Å²) < 4.78 is 11.0. The number of carbonyl (C=O) groups is 1. The largest absolute Gasteiger partial charge is 0.507 e.